The maximum atomic E-state index is 14.4. The third-order valence-corrected chi connectivity index (χ3v) is 5.39. The molecule has 0 saturated carbocycles. The SMILES string of the molecule is Cc1nc(-c2ccc(F)cc2F)c(-c2ccc3nc(N)n(C(C)C(C)C)c3c2)[nH]1. The van der Waals surface area contributed by atoms with E-state index in [0.717, 1.165) is 22.7 Å². The van der Waals surface area contributed by atoms with Crippen molar-refractivity contribution in [2.24, 2.45) is 5.92 Å². The third-order valence-electron chi connectivity index (χ3n) is 5.39. The van der Waals surface area contributed by atoms with Crippen molar-refractivity contribution in [2.75, 3.05) is 5.73 Å². The lowest BCUT2D eigenvalue weighted by atomic mass is 10.0. The van der Waals surface area contributed by atoms with Gasteiger partial charge in [-0.05, 0) is 44.0 Å². The molecule has 0 saturated heterocycles. The Morgan fingerprint density at radius 1 is 1.03 bits per heavy atom. The molecule has 0 aliphatic rings. The van der Waals surface area contributed by atoms with Crippen LogP contribution in [0.15, 0.2) is 36.4 Å². The van der Waals surface area contributed by atoms with Crippen LogP contribution in [0.3, 0.4) is 0 Å². The van der Waals surface area contributed by atoms with Crippen LogP contribution >= 0.6 is 0 Å². The maximum Gasteiger partial charge on any atom is 0.201 e. The number of anilines is 1. The van der Waals surface area contributed by atoms with Crippen molar-refractivity contribution in [3.63, 3.8) is 0 Å². The van der Waals surface area contributed by atoms with E-state index < -0.39 is 11.6 Å². The van der Waals surface area contributed by atoms with E-state index in [2.05, 4.69) is 35.7 Å². The molecule has 0 amide bonds. The number of nitrogens with two attached hydrogens (primary N) is 1. The molecule has 2 aromatic carbocycles. The van der Waals surface area contributed by atoms with E-state index in [0.29, 0.717) is 29.1 Å². The second-order valence-electron chi connectivity index (χ2n) is 7.70. The van der Waals surface area contributed by atoms with Crippen molar-refractivity contribution >= 4 is 17.0 Å². The number of H-pyrrole nitrogens is 1. The van der Waals surface area contributed by atoms with Gasteiger partial charge in [0.05, 0.1) is 22.4 Å². The number of aryl methyl sites for hydroxylation is 1. The molecule has 0 radical (unpaired) electrons. The number of nitrogens with zero attached hydrogens (tertiary/aromatic N) is 3. The zero-order chi connectivity index (χ0) is 20.9. The van der Waals surface area contributed by atoms with Crippen LogP contribution in [0.2, 0.25) is 0 Å². The van der Waals surface area contributed by atoms with E-state index >= 15 is 0 Å². The Labute approximate surface area is 167 Å². The minimum absolute atomic E-state index is 0.160. The molecular weight excluding hydrogens is 372 g/mol. The Morgan fingerprint density at radius 2 is 1.79 bits per heavy atom. The van der Waals surface area contributed by atoms with E-state index in [4.69, 9.17) is 5.73 Å². The maximum absolute atomic E-state index is 14.4. The molecule has 0 aliphatic heterocycles. The summed E-state index contributed by atoms with van der Waals surface area (Å²) in [5, 5.41) is 0. The van der Waals surface area contributed by atoms with E-state index in [1.54, 1.807) is 6.92 Å². The summed E-state index contributed by atoms with van der Waals surface area (Å²) >= 11 is 0. The highest BCUT2D eigenvalue weighted by Crippen LogP contribution is 2.35. The molecule has 2 heterocycles. The highest BCUT2D eigenvalue weighted by molar-refractivity contribution is 5.87. The van der Waals surface area contributed by atoms with Gasteiger partial charge in [-0.2, -0.15) is 0 Å². The molecule has 7 heteroatoms. The van der Waals surface area contributed by atoms with Crippen LogP contribution in [-0.2, 0) is 0 Å². The average molecular weight is 395 g/mol. The summed E-state index contributed by atoms with van der Waals surface area (Å²) in [6, 6.07) is 9.44. The number of nitrogen functional groups attached to an aromatic ring is 1. The first kappa shape index (κ1) is 19.1. The number of aromatic amines is 1. The van der Waals surface area contributed by atoms with Crippen LogP contribution in [0, 0.1) is 24.5 Å². The molecular formula is C22H23F2N5. The Morgan fingerprint density at radius 3 is 2.48 bits per heavy atom. The van der Waals surface area contributed by atoms with Crippen molar-refractivity contribution in [3.05, 3.63) is 53.9 Å². The number of fused-ring (bicyclic) bond motifs is 1. The van der Waals surface area contributed by atoms with Crippen LogP contribution in [0.1, 0.15) is 32.6 Å². The van der Waals surface area contributed by atoms with Crippen molar-refractivity contribution in [1.29, 1.82) is 0 Å². The second kappa shape index (κ2) is 6.99. The van der Waals surface area contributed by atoms with Gasteiger partial charge in [-0.25, -0.2) is 18.7 Å². The van der Waals surface area contributed by atoms with E-state index in [1.165, 1.54) is 12.1 Å². The number of aromatic nitrogens is 4. The van der Waals surface area contributed by atoms with Crippen LogP contribution in [-0.4, -0.2) is 19.5 Å². The molecule has 0 fully saturated rings. The summed E-state index contributed by atoms with van der Waals surface area (Å²) in [7, 11) is 0. The number of imidazole rings is 2. The fourth-order valence-corrected chi connectivity index (χ4v) is 3.57. The highest BCUT2D eigenvalue weighted by atomic mass is 19.1. The lowest BCUT2D eigenvalue weighted by molar-refractivity contribution is 0.421. The van der Waals surface area contributed by atoms with Crippen molar-refractivity contribution < 1.29 is 8.78 Å². The van der Waals surface area contributed by atoms with Crippen molar-refractivity contribution in [3.8, 4) is 22.5 Å². The second-order valence-corrected chi connectivity index (χ2v) is 7.70. The smallest absolute Gasteiger partial charge is 0.201 e. The van der Waals surface area contributed by atoms with Gasteiger partial charge < -0.3 is 15.3 Å². The van der Waals surface area contributed by atoms with E-state index in [1.807, 2.05) is 22.8 Å². The minimum Gasteiger partial charge on any atom is -0.369 e. The molecule has 3 N–H and O–H groups in total. The topological polar surface area (TPSA) is 72.5 Å². The Bertz CT molecular complexity index is 1210. The predicted octanol–water partition coefficient (Wildman–Crippen LogP) is 5.48. The fraction of sp³-hybridized carbons (Fsp3) is 0.273. The van der Waals surface area contributed by atoms with Crippen molar-refractivity contribution in [1.82, 2.24) is 19.5 Å². The summed E-state index contributed by atoms with van der Waals surface area (Å²) in [4.78, 5) is 12.1. The van der Waals surface area contributed by atoms with Crippen LogP contribution in [0.4, 0.5) is 14.7 Å². The molecule has 5 nitrogen and oxygen atoms in total. The number of rotatable bonds is 4. The molecule has 1 atom stereocenters. The number of hydrogen-bond acceptors (Lipinski definition) is 3. The van der Waals surface area contributed by atoms with Gasteiger partial charge in [0.25, 0.3) is 0 Å². The van der Waals surface area contributed by atoms with Gasteiger partial charge in [-0.1, -0.05) is 19.9 Å². The predicted molar refractivity (Wildman–Crippen MR) is 111 cm³/mol. The number of nitrogens with one attached hydrogen (secondary N) is 1. The van der Waals surface area contributed by atoms with Crippen LogP contribution < -0.4 is 5.73 Å². The molecule has 2 aromatic heterocycles. The molecule has 150 valence electrons. The third kappa shape index (κ3) is 3.26. The number of benzene rings is 2. The molecule has 29 heavy (non-hydrogen) atoms. The Kier molecular flexibility index (Phi) is 4.61. The van der Waals surface area contributed by atoms with Gasteiger partial charge >= 0.3 is 0 Å². The average Bonchev–Trinajstić information content (AvgIpc) is 3.19. The van der Waals surface area contributed by atoms with Crippen LogP contribution in [0.25, 0.3) is 33.5 Å². The normalized spacial score (nSPS) is 12.8. The van der Waals surface area contributed by atoms with Crippen LogP contribution in [0.5, 0.6) is 0 Å². The van der Waals surface area contributed by atoms with E-state index in [9.17, 15) is 8.78 Å². The zero-order valence-electron chi connectivity index (χ0n) is 16.8. The van der Waals surface area contributed by atoms with Gasteiger partial charge in [0.15, 0.2) is 0 Å². The number of hydrogen-bond donors (Lipinski definition) is 2. The Hall–Kier alpha value is -3.22. The fourth-order valence-electron chi connectivity index (χ4n) is 3.57. The minimum atomic E-state index is -0.651. The molecule has 4 rings (SSSR count). The first-order valence-corrected chi connectivity index (χ1v) is 9.56. The number of halogens is 2. The van der Waals surface area contributed by atoms with Gasteiger partial charge in [-0.15, -0.1) is 0 Å². The van der Waals surface area contributed by atoms with Gasteiger partial charge in [0, 0.05) is 23.2 Å². The van der Waals surface area contributed by atoms with E-state index in [-0.39, 0.29) is 11.6 Å². The quantitative estimate of drug-likeness (QED) is 0.481. The summed E-state index contributed by atoms with van der Waals surface area (Å²) in [5.74, 6) is 0.202. The lowest BCUT2D eigenvalue weighted by Crippen LogP contribution is -2.13. The first-order chi connectivity index (χ1) is 13.8. The van der Waals surface area contributed by atoms with Crippen molar-refractivity contribution in [2.45, 2.75) is 33.7 Å². The highest BCUT2D eigenvalue weighted by Gasteiger charge is 2.20. The monoisotopic (exact) mass is 395 g/mol. The summed E-state index contributed by atoms with van der Waals surface area (Å²) in [5.41, 5.74) is 10.1. The van der Waals surface area contributed by atoms with Gasteiger partial charge in [0.1, 0.15) is 17.5 Å². The van der Waals surface area contributed by atoms with Gasteiger partial charge in [-0.3, -0.25) is 0 Å². The summed E-state index contributed by atoms with van der Waals surface area (Å²) in [6.45, 7) is 8.17. The summed E-state index contributed by atoms with van der Waals surface area (Å²) < 4.78 is 29.8. The largest absolute Gasteiger partial charge is 0.369 e. The Balaban J connectivity index is 1.91. The molecule has 1 unspecified atom stereocenters. The molecule has 0 bridgehead atoms. The zero-order valence-corrected chi connectivity index (χ0v) is 16.8. The molecule has 0 spiro atoms. The van der Waals surface area contributed by atoms with Gasteiger partial charge in [0.2, 0.25) is 5.95 Å². The first-order valence-electron chi connectivity index (χ1n) is 9.56. The summed E-state index contributed by atoms with van der Waals surface area (Å²) in [6.07, 6.45) is 0. The lowest BCUT2D eigenvalue weighted by Gasteiger charge is -2.19. The standard InChI is InChI=1S/C22H23F2N5/c1-11(2)12(3)29-19-9-14(5-8-18(19)28-22(29)25)20-21(27-13(4)26-20)16-7-6-15(23)10-17(16)24/h5-12H,1-4H3,(H2,25,28)(H,26,27). The molecule has 0 aliphatic carbocycles. The molecule has 4 aromatic rings.